The summed E-state index contributed by atoms with van der Waals surface area (Å²) >= 11 is 0. The van der Waals surface area contributed by atoms with Gasteiger partial charge in [-0.05, 0) is 85.6 Å². The van der Waals surface area contributed by atoms with Crippen molar-refractivity contribution in [3.8, 4) is 0 Å². The lowest BCUT2D eigenvalue weighted by atomic mass is 9.87. The van der Waals surface area contributed by atoms with Gasteiger partial charge in [-0.3, -0.25) is 9.59 Å². The molecule has 0 amide bonds. The van der Waals surface area contributed by atoms with Gasteiger partial charge in [0.25, 0.3) is 0 Å². The summed E-state index contributed by atoms with van der Waals surface area (Å²) in [6.07, 6.45) is 0. The molecule has 1 aromatic heterocycles. The average molecular weight is 598 g/mol. The number of rotatable bonds is 9. The fourth-order valence-corrected chi connectivity index (χ4v) is 4.77. The standard InChI is InChI=1S/C32H39NO10/c1-10-39-28(35)20-21(29(36)40-11-2)23(31(38)42-13-4)27-24(25(33-32(7,8)9)22(20)30(37)41-12-3)26(34)18-14-16(5)17(6)15-19(18)43-27/h14-15,21,33H,10-13H2,1-9H3. The molecule has 43 heavy (non-hydrogen) atoms. The van der Waals surface area contributed by atoms with Crippen molar-refractivity contribution in [2.24, 2.45) is 5.92 Å². The second-order valence-corrected chi connectivity index (χ2v) is 10.9. The van der Waals surface area contributed by atoms with E-state index in [9.17, 15) is 24.0 Å². The predicted octanol–water partition coefficient (Wildman–Crippen LogP) is 2.24. The Kier molecular flexibility index (Phi) is 10.2. The zero-order valence-electron chi connectivity index (χ0n) is 26.1. The van der Waals surface area contributed by atoms with E-state index in [1.807, 2.05) is 13.8 Å². The summed E-state index contributed by atoms with van der Waals surface area (Å²) in [6, 6.07) is 3.28. The van der Waals surface area contributed by atoms with Crippen molar-refractivity contribution in [3.63, 3.8) is 0 Å². The molecule has 0 spiro atoms. The van der Waals surface area contributed by atoms with Crippen molar-refractivity contribution in [1.82, 2.24) is 5.32 Å². The number of ether oxygens (including phenoxy) is 4. The molecular formula is C32H39NO10. The molecule has 0 saturated heterocycles. The smallest absolute Gasteiger partial charge is 0.340 e. The van der Waals surface area contributed by atoms with Crippen LogP contribution in [0.2, 0.25) is 0 Å². The van der Waals surface area contributed by atoms with Crippen molar-refractivity contribution >= 4 is 46.1 Å². The van der Waals surface area contributed by atoms with Crippen LogP contribution < -0.4 is 21.4 Å². The number of carbonyl (C=O) groups excluding carboxylic acids is 4. The number of nitrogens with one attached hydrogen (secondary N) is 1. The quantitative estimate of drug-likeness (QED) is 0.335. The Morgan fingerprint density at radius 3 is 1.84 bits per heavy atom. The first kappa shape index (κ1) is 33.1. The van der Waals surface area contributed by atoms with Crippen molar-refractivity contribution in [2.75, 3.05) is 26.4 Å². The van der Waals surface area contributed by atoms with Gasteiger partial charge in [0, 0.05) is 5.54 Å². The van der Waals surface area contributed by atoms with Gasteiger partial charge < -0.3 is 28.7 Å². The predicted molar refractivity (Wildman–Crippen MR) is 158 cm³/mol. The normalized spacial score (nSPS) is 15.0. The Hall–Kier alpha value is -4.41. The Morgan fingerprint density at radius 1 is 0.791 bits per heavy atom. The highest BCUT2D eigenvalue weighted by atomic mass is 16.5. The summed E-state index contributed by atoms with van der Waals surface area (Å²) in [6.45, 7) is 14.7. The van der Waals surface area contributed by atoms with Crippen molar-refractivity contribution < 1.29 is 42.5 Å². The Labute approximate surface area is 249 Å². The minimum Gasteiger partial charge on any atom is -0.465 e. The molecule has 1 atom stereocenters. The van der Waals surface area contributed by atoms with E-state index in [0.717, 1.165) is 11.1 Å². The van der Waals surface area contributed by atoms with Crippen LogP contribution in [0.5, 0.6) is 0 Å². The summed E-state index contributed by atoms with van der Waals surface area (Å²) in [4.78, 5) is 69.6. The van der Waals surface area contributed by atoms with Gasteiger partial charge in [0.05, 0.1) is 59.4 Å². The number of aryl methyl sites for hydroxylation is 2. The zero-order chi connectivity index (χ0) is 32.2. The SMILES string of the molecule is CCOC(=O)C1=C(C(=O)OCC)C(C(=O)OCC)C(C(=O)OCC)=c2oc3cc(C)c(C)cc3c(=O)c2=C1NC(C)(C)C. The second kappa shape index (κ2) is 13.3. The Bertz CT molecular complexity index is 1690. The summed E-state index contributed by atoms with van der Waals surface area (Å²) in [5.41, 5.74) is -1.68. The zero-order valence-corrected chi connectivity index (χ0v) is 26.1. The van der Waals surface area contributed by atoms with Crippen molar-refractivity contribution in [2.45, 2.75) is 67.9 Å². The lowest BCUT2D eigenvalue weighted by molar-refractivity contribution is -0.150. The minimum atomic E-state index is -1.87. The number of esters is 4. The third kappa shape index (κ3) is 6.65. The second-order valence-electron chi connectivity index (χ2n) is 10.9. The van der Waals surface area contributed by atoms with Crippen LogP contribution in [0.3, 0.4) is 0 Å². The van der Waals surface area contributed by atoms with E-state index >= 15 is 0 Å². The third-order valence-corrected chi connectivity index (χ3v) is 6.59. The molecule has 1 aliphatic rings. The van der Waals surface area contributed by atoms with E-state index in [4.69, 9.17) is 23.4 Å². The van der Waals surface area contributed by atoms with Crippen LogP contribution in [0.15, 0.2) is 32.5 Å². The van der Waals surface area contributed by atoms with Gasteiger partial charge in [-0.15, -0.1) is 0 Å². The average Bonchev–Trinajstić information content (AvgIpc) is 3.02. The van der Waals surface area contributed by atoms with Crippen LogP contribution in [0.1, 0.15) is 59.6 Å². The number of hydrogen-bond acceptors (Lipinski definition) is 11. The molecule has 0 radical (unpaired) electrons. The van der Waals surface area contributed by atoms with E-state index in [1.54, 1.807) is 60.6 Å². The van der Waals surface area contributed by atoms with E-state index < -0.39 is 57.5 Å². The van der Waals surface area contributed by atoms with Gasteiger partial charge in [0.2, 0.25) is 5.43 Å². The summed E-state index contributed by atoms with van der Waals surface area (Å²) < 4.78 is 27.7. The van der Waals surface area contributed by atoms with Crippen LogP contribution in [0, 0.1) is 19.8 Å². The largest absolute Gasteiger partial charge is 0.465 e. The number of fused-ring (bicyclic) bond motifs is 2. The van der Waals surface area contributed by atoms with E-state index in [1.165, 1.54) is 0 Å². The molecule has 1 aromatic carbocycles. The maximum Gasteiger partial charge on any atom is 0.340 e. The van der Waals surface area contributed by atoms with Crippen LogP contribution in [0.4, 0.5) is 0 Å². The van der Waals surface area contributed by atoms with Gasteiger partial charge in [0.15, 0.2) is 5.42 Å². The monoisotopic (exact) mass is 597 g/mol. The lowest BCUT2D eigenvalue weighted by Crippen LogP contribution is -2.49. The summed E-state index contributed by atoms with van der Waals surface area (Å²) in [5, 5.41) is 3.07. The topological polar surface area (TPSA) is 147 Å². The number of hydrogen-bond donors (Lipinski definition) is 1. The van der Waals surface area contributed by atoms with Gasteiger partial charge in [-0.25, -0.2) is 14.4 Å². The molecular weight excluding hydrogens is 558 g/mol. The molecule has 1 unspecified atom stereocenters. The molecule has 1 heterocycles. The maximum absolute atomic E-state index is 14.4. The molecule has 11 nitrogen and oxygen atoms in total. The van der Waals surface area contributed by atoms with Gasteiger partial charge >= 0.3 is 23.9 Å². The Morgan fingerprint density at radius 2 is 1.30 bits per heavy atom. The summed E-state index contributed by atoms with van der Waals surface area (Å²) in [7, 11) is 0. The molecule has 0 saturated carbocycles. The van der Waals surface area contributed by atoms with Crippen molar-refractivity contribution in [1.29, 1.82) is 0 Å². The molecule has 2 aromatic rings. The molecule has 232 valence electrons. The van der Waals surface area contributed by atoms with Gasteiger partial charge in [0.1, 0.15) is 11.5 Å². The maximum atomic E-state index is 14.4. The Balaban J connectivity index is 2.89. The minimum absolute atomic E-state index is 0.0998. The first-order valence-electron chi connectivity index (χ1n) is 14.2. The molecule has 11 heteroatoms. The fourth-order valence-electron chi connectivity index (χ4n) is 4.77. The number of benzene rings is 1. The first-order chi connectivity index (χ1) is 20.2. The van der Waals surface area contributed by atoms with E-state index in [2.05, 4.69) is 5.32 Å². The molecule has 1 aliphatic carbocycles. The van der Waals surface area contributed by atoms with Gasteiger partial charge in [-0.2, -0.15) is 0 Å². The van der Waals surface area contributed by atoms with E-state index in [0.29, 0.717) is 0 Å². The van der Waals surface area contributed by atoms with Crippen LogP contribution >= 0.6 is 0 Å². The van der Waals surface area contributed by atoms with E-state index in [-0.39, 0.29) is 53.7 Å². The van der Waals surface area contributed by atoms with Crippen LogP contribution in [-0.2, 0) is 38.1 Å². The van der Waals surface area contributed by atoms with Gasteiger partial charge in [-0.1, -0.05) is 0 Å². The molecule has 0 bridgehead atoms. The number of carbonyl (C=O) groups is 4. The molecule has 3 rings (SSSR count). The highest BCUT2D eigenvalue weighted by Crippen LogP contribution is 2.33. The molecule has 1 N–H and O–H groups in total. The third-order valence-electron chi connectivity index (χ3n) is 6.59. The molecule has 0 aliphatic heterocycles. The molecule has 0 fully saturated rings. The summed E-state index contributed by atoms with van der Waals surface area (Å²) in [5.74, 6) is -6.09. The highest BCUT2D eigenvalue weighted by Gasteiger charge is 2.45. The fraction of sp³-hybridized carbons (Fsp3) is 0.469. The van der Waals surface area contributed by atoms with Crippen LogP contribution in [-0.4, -0.2) is 55.8 Å². The first-order valence-corrected chi connectivity index (χ1v) is 14.2. The highest BCUT2D eigenvalue weighted by molar-refractivity contribution is 6.22. The van der Waals surface area contributed by atoms with Crippen LogP contribution in [0.25, 0.3) is 22.2 Å². The lowest BCUT2D eigenvalue weighted by Gasteiger charge is -2.27. The van der Waals surface area contributed by atoms with Crippen molar-refractivity contribution in [3.05, 3.63) is 55.3 Å².